The van der Waals surface area contributed by atoms with Crippen molar-refractivity contribution in [3.63, 3.8) is 0 Å². The average molecular weight is 297 g/mol. The zero-order valence-electron chi connectivity index (χ0n) is 12.2. The number of hydrogen-bond donors (Lipinski definition) is 0. The zero-order chi connectivity index (χ0) is 14.7. The van der Waals surface area contributed by atoms with Gasteiger partial charge in [-0.05, 0) is 30.7 Å². The Hall–Kier alpha value is -1.57. The molecule has 108 valence electrons. The molecule has 1 saturated heterocycles. The van der Waals surface area contributed by atoms with Crippen molar-refractivity contribution in [3.8, 4) is 6.07 Å². The van der Waals surface area contributed by atoms with E-state index in [9.17, 15) is 5.26 Å². The first-order valence-corrected chi connectivity index (χ1v) is 8.50. The Kier molecular flexibility index (Phi) is 4.14. The van der Waals surface area contributed by atoms with Crippen LogP contribution in [0, 0.1) is 11.3 Å². The van der Waals surface area contributed by atoms with Crippen molar-refractivity contribution in [2.24, 2.45) is 0 Å². The van der Waals surface area contributed by atoms with Gasteiger partial charge in [0.15, 0.2) is 0 Å². The minimum atomic E-state index is -0.173. The van der Waals surface area contributed by atoms with Crippen molar-refractivity contribution in [1.29, 1.82) is 5.26 Å². The second-order valence-corrected chi connectivity index (χ2v) is 6.77. The summed E-state index contributed by atoms with van der Waals surface area (Å²) in [6.07, 6.45) is 5.80. The lowest BCUT2D eigenvalue weighted by Gasteiger charge is -2.36. The van der Waals surface area contributed by atoms with Crippen molar-refractivity contribution in [2.75, 3.05) is 19.3 Å². The molecule has 3 rings (SSSR count). The van der Waals surface area contributed by atoms with Crippen LogP contribution >= 0.6 is 11.8 Å². The van der Waals surface area contributed by atoms with E-state index in [0.29, 0.717) is 0 Å². The van der Waals surface area contributed by atoms with Gasteiger partial charge in [0.1, 0.15) is 4.75 Å². The summed E-state index contributed by atoms with van der Waals surface area (Å²) in [7, 11) is 0. The zero-order valence-corrected chi connectivity index (χ0v) is 13.1. The van der Waals surface area contributed by atoms with Gasteiger partial charge >= 0.3 is 0 Å². The van der Waals surface area contributed by atoms with Gasteiger partial charge in [-0.2, -0.15) is 5.26 Å². The molecule has 21 heavy (non-hydrogen) atoms. The number of pyridine rings is 1. The molecule has 1 aliphatic rings. The third-order valence-electron chi connectivity index (χ3n) is 4.37. The van der Waals surface area contributed by atoms with Gasteiger partial charge in [-0.25, -0.2) is 0 Å². The van der Waals surface area contributed by atoms with Crippen LogP contribution in [0.15, 0.2) is 36.5 Å². The highest BCUT2D eigenvalue weighted by Crippen LogP contribution is 2.34. The first kappa shape index (κ1) is 14.4. The molecule has 0 atom stereocenters. The molecule has 1 fully saturated rings. The van der Waals surface area contributed by atoms with Crippen molar-refractivity contribution >= 4 is 22.7 Å². The summed E-state index contributed by atoms with van der Waals surface area (Å²) >= 11 is 1.70. The molecule has 0 N–H and O–H groups in total. The van der Waals surface area contributed by atoms with Crippen LogP contribution in [0.1, 0.15) is 18.4 Å². The van der Waals surface area contributed by atoms with Gasteiger partial charge in [-0.15, -0.1) is 11.8 Å². The second-order valence-electron chi connectivity index (χ2n) is 5.58. The van der Waals surface area contributed by atoms with Gasteiger partial charge < -0.3 is 0 Å². The Morgan fingerprint density at radius 3 is 2.76 bits per heavy atom. The molecular weight excluding hydrogens is 278 g/mol. The number of likely N-dealkylation sites (tertiary alicyclic amines) is 1. The minimum Gasteiger partial charge on any atom is -0.299 e. The lowest BCUT2D eigenvalue weighted by molar-refractivity contribution is 0.210. The fourth-order valence-corrected chi connectivity index (χ4v) is 3.65. The summed E-state index contributed by atoms with van der Waals surface area (Å²) in [4.78, 5) is 6.96. The summed E-state index contributed by atoms with van der Waals surface area (Å²) in [5.74, 6) is 0. The lowest BCUT2D eigenvalue weighted by atomic mass is 9.96. The van der Waals surface area contributed by atoms with E-state index in [1.807, 2.05) is 18.5 Å². The van der Waals surface area contributed by atoms with E-state index >= 15 is 0 Å². The van der Waals surface area contributed by atoms with Crippen LogP contribution in [0.5, 0.6) is 0 Å². The van der Waals surface area contributed by atoms with Gasteiger partial charge in [-0.3, -0.25) is 9.88 Å². The molecule has 0 radical (unpaired) electrons. The van der Waals surface area contributed by atoms with Crippen LogP contribution in [0.3, 0.4) is 0 Å². The Labute approximate surface area is 130 Å². The number of benzene rings is 1. The van der Waals surface area contributed by atoms with Crippen molar-refractivity contribution in [3.05, 3.63) is 42.1 Å². The van der Waals surface area contributed by atoms with Gasteiger partial charge in [0.25, 0.3) is 0 Å². The molecule has 2 aromatic rings. The normalized spacial score (nSPS) is 18.5. The van der Waals surface area contributed by atoms with E-state index < -0.39 is 0 Å². The van der Waals surface area contributed by atoms with E-state index in [0.717, 1.165) is 38.0 Å². The minimum absolute atomic E-state index is 0.173. The summed E-state index contributed by atoms with van der Waals surface area (Å²) in [5.41, 5.74) is 2.38. The number of nitrogens with zero attached hydrogens (tertiary/aromatic N) is 3. The van der Waals surface area contributed by atoms with Gasteiger partial charge in [0.05, 0.1) is 11.6 Å². The molecule has 0 saturated carbocycles. The highest BCUT2D eigenvalue weighted by atomic mass is 32.2. The standard InChI is InChI=1S/C17H19N3S/c1-21-17(13-18)7-10-20(11-8-17)12-15-5-2-4-14-6-3-9-19-16(14)15/h2-6,9H,7-8,10-12H2,1H3. The van der Waals surface area contributed by atoms with Crippen LogP contribution < -0.4 is 0 Å². The van der Waals surface area contributed by atoms with Crippen molar-refractivity contribution in [1.82, 2.24) is 9.88 Å². The van der Waals surface area contributed by atoms with Crippen molar-refractivity contribution in [2.45, 2.75) is 24.1 Å². The predicted octanol–water partition coefficient (Wildman–Crippen LogP) is 3.46. The molecule has 0 amide bonds. The Balaban J connectivity index is 1.75. The Morgan fingerprint density at radius 1 is 1.29 bits per heavy atom. The maximum Gasteiger partial charge on any atom is 0.104 e. The molecule has 2 heterocycles. The summed E-state index contributed by atoms with van der Waals surface area (Å²) in [6, 6.07) is 13.0. The fourth-order valence-electron chi connectivity index (χ4n) is 2.97. The molecule has 1 aromatic heterocycles. The number of piperidine rings is 1. The summed E-state index contributed by atoms with van der Waals surface area (Å²) < 4.78 is -0.173. The number of rotatable bonds is 3. The topological polar surface area (TPSA) is 39.9 Å². The van der Waals surface area contributed by atoms with Crippen LogP contribution in [-0.4, -0.2) is 34.0 Å². The summed E-state index contributed by atoms with van der Waals surface area (Å²) in [6.45, 7) is 2.89. The van der Waals surface area contributed by atoms with Crippen LogP contribution in [0.25, 0.3) is 10.9 Å². The monoisotopic (exact) mass is 297 g/mol. The van der Waals surface area contributed by atoms with E-state index in [1.54, 1.807) is 11.8 Å². The smallest absolute Gasteiger partial charge is 0.104 e. The molecule has 1 aliphatic heterocycles. The highest BCUT2D eigenvalue weighted by molar-refractivity contribution is 8.00. The number of thioether (sulfide) groups is 1. The van der Waals surface area contributed by atoms with Gasteiger partial charge in [0.2, 0.25) is 0 Å². The fraction of sp³-hybridized carbons (Fsp3) is 0.412. The quantitative estimate of drug-likeness (QED) is 0.870. The molecule has 0 spiro atoms. The van der Waals surface area contributed by atoms with Crippen LogP contribution in [0.2, 0.25) is 0 Å². The van der Waals surface area contributed by atoms with E-state index in [-0.39, 0.29) is 4.75 Å². The van der Waals surface area contributed by atoms with Crippen molar-refractivity contribution < 1.29 is 0 Å². The van der Waals surface area contributed by atoms with E-state index in [2.05, 4.69) is 40.2 Å². The third kappa shape index (κ3) is 2.90. The summed E-state index contributed by atoms with van der Waals surface area (Å²) in [5, 5.41) is 10.6. The maximum atomic E-state index is 9.36. The van der Waals surface area contributed by atoms with E-state index in [4.69, 9.17) is 0 Å². The van der Waals surface area contributed by atoms with Gasteiger partial charge in [-0.1, -0.05) is 24.3 Å². The molecule has 0 unspecified atom stereocenters. The Morgan fingerprint density at radius 2 is 2.05 bits per heavy atom. The number of hydrogen-bond acceptors (Lipinski definition) is 4. The Bertz CT molecular complexity index is 664. The number of aromatic nitrogens is 1. The predicted molar refractivity (Wildman–Crippen MR) is 88.1 cm³/mol. The molecule has 4 heteroatoms. The highest BCUT2D eigenvalue weighted by Gasteiger charge is 2.33. The molecule has 1 aromatic carbocycles. The number of nitriles is 1. The first-order chi connectivity index (χ1) is 10.3. The molecule has 0 bridgehead atoms. The molecule has 0 aliphatic carbocycles. The van der Waals surface area contributed by atoms with E-state index in [1.165, 1.54) is 10.9 Å². The lowest BCUT2D eigenvalue weighted by Crippen LogP contribution is -2.41. The number of para-hydroxylation sites is 1. The SMILES string of the molecule is CSC1(C#N)CCN(Cc2cccc3cccnc23)CC1. The first-order valence-electron chi connectivity index (χ1n) is 7.28. The molecule has 3 nitrogen and oxygen atoms in total. The van der Waals surface area contributed by atoms with Crippen LogP contribution in [0.4, 0.5) is 0 Å². The third-order valence-corrected chi connectivity index (χ3v) is 5.65. The second kappa shape index (κ2) is 6.05. The molecular formula is C17H19N3S. The average Bonchev–Trinajstić information content (AvgIpc) is 2.56. The van der Waals surface area contributed by atoms with Gasteiger partial charge in [0, 0.05) is 31.2 Å². The maximum absolute atomic E-state index is 9.36. The van der Waals surface area contributed by atoms with Crippen LogP contribution in [-0.2, 0) is 6.54 Å². The number of fused-ring (bicyclic) bond motifs is 1. The largest absolute Gasteiger partial charge is 0.299 e.